The maximum atomic E-state index is 13.0. The van der Waals surface area contributed by atoms with Crippen LogP contribution in [0.15, 0.2) is 5.28 Å². The molecular weight excluding hydrogens is 702 g/mol. The van der Waals surface area contributed by atoms with Crippen molar-refractivity contribution in [2.45, 2.75) is 83.6 Å². The minimum absolute atomic E-state index is 0.0641. The third-order valence-electron chi connectivity index (χ3n) is 7.97. The van der Waals surface area contributed by atoms with Crippen molar-refractivity contribution < 1.29 is 33.6 Å². The molecule has 54 heavy (non-hydrogen) atoms. The van der Waals surface area contributed by atoms with E-state index in [-0.39, 0.29) is 68.6 Å². The molecule has 0 aromatic carbocycles. The molecule has 0 saturated carbocycles. The molecule has 20 nitrogen and oxygen atoms in total. The lowest BCUT2D eigenvalue weighted by molar-refractivity contribution is -0.134. The lowest BCUT2D eigenvalue weighted by atomic mass is 9.93. The molecule has 0 aliphatic carbocycles. The summed E-state index contributed by atoms with van der Waals surface area (Å²) < 4.78 is 0. The molecule has 0 aliphatic heterocycles. The number of nitrogens with one attached hydrogen (secondary N) is 8. The van der Waals surface area contributed by atoms with Gasteiger partial charge < -0.3 is 58.8 Å². The SMILES string of the molecule is CCCCCCNC(=O)C(CC(=O)NCCNCCNCCN)CC(=O)C(N)CC(=O)NCCNCCNCCNC(=O)CCC(=O)CCCON=[N+]=[N-]. The molecule has 0 bridgehead atoms. The maximum absolute atomic E-state index is 13.0. The van der Waals surface area contributed by atoms with Gasteiger partial charge in [0.1, 0.15) is 11.1 Å². The van der Waals surface area contributed by atoms with E-state index < -0.39 is 23.7 Å². The highest BCUT2D eigenvalue weighted by atomic mass is 16.6. The third kappa shape index (κ3) is 31.6. The van der Waals surface area contributed by atoms with Crippen molar-refractivity contribution in [2.75, 3.05) is 91.7 Å². The lowest BCUT2D eigenvalue weighted by Crippen LogP contribution is -2.43. The lowest BCUT2D eigenvalue weighted by Gasteiger charge is -2.18. The Kier molecular flexibility index (Phi) is 33.5. The van der Waals surface area contributed by atoms with Crippen LogP contribution in [-0.4, -0.2) is 133 Å². The molecule has 0 spiro atoms. The van der Waals surface area contributed by atoms with E-state index in [0.29, 0.717) is 78.4 Å². The van der Waals surface area contributed by atoms with Gasteiger partial charge in [0.25, 0.3) is 0 Å². The van der Waals surface area contributed by atoms with Crippen molar-refractivity contribution >= 4 is 35.2 Å². The van der Waals surface area contributed by atoms with Gasteiger partial charge in [-0.3, -0.25) is 28.8 Å². The molecule has 0 fully saturated rings. The molecule has 0 radical (unpaired) electrons. The largest absolute Gasteiger partial charge is 0.434 e. The summed E-state index contributed by atoms with van der Waals surface area (Å²) in [6.07, 6.45) is 4.14. The van der Waals surface area contributed by atoms with Gasteiger partial charge in [0, 0.05) is 129 Å². The fraction of sp³-hybridized carbons (Fsp3) is 0.824. The van der Waals surface area contributed by atoms with Crippen molar-refractivity contribution in [1.29, 1.82) is 0 Å². The second-order valence-corrected chi connectivity index (χ2v) is 12.7. The summed E-state index contributed by atoms with van der Waals surface area (Å²) in [4.78, 5) is 81.7. The minimum Gasteiger partial charge on any atom is -0.434 e. The fourth-order valence-corrected chi connectivity index (χ4v) is 4.93. The zero-order valence-electron chi connectivity index (χ0n) is 32.2. The zero-order valence-corrected chi connectivity index (χ0v) is 32.2. The zero-order chi connectivity index (χ0) is 40.1. The number of Topliss-reactive ketones (excluding diaryl/α,β-unsaturated/α-hetero) is 2. The minimum atomic E-state index is -1.11. The van der Waals surface area contributed by atoms with Crippen LogP contribution in [0.5, 0.6) is 0 Å². The Morgan fingerprint density at radius 1 is 0.630 bits per heavy atom. The van der Waals surface area contributed by atoms with Crippen molar-refractivity contribution in [2.24, 2.45) is 22.7 Å². The summed E-state index contributed by atoms with van der Waals surface area (Å²) in [6.45, 7) is 9.36. The van der Waals surface area contributed by atoms with Crippen LogP contribution < -0.4 is 54.0 Å². The van der Waals surface area contributed by atoms with E-state index in [1.807, 2.05) is 0 Å². The third-order valence-corrected chi connectivity index (χ3v) is 7.97. The van der Waals surface area contributed by atoms with Gasteiger partial charge in [0.2, 0.25) is 23.6 Å². The fourth-order valence-electron chi connectivity index (χ4n) is 4.93. The van der Waals surface area contributed by atoms with Crippen LogP contribution in [-0.2, 0) is 33.6 Å². The predicted molar refractivity (Wildman–Crippen MR) is 206 cm³/mol. The number of hydrogen-bond donors (Lipinski definition) is 10. The van der Waals surface area contributed by atoms with Gasteiger partial charge >= 0.3 is 0 Å². The standard InChI is InChI=1S/C34H67N13O7/c1-2-3-4-5-11-45-34(53)27(25-32(51)43-21-18-39-14-13-38-12-10-35)24-30(49)29(36)26-33(52)44-22-19-41-16-15-40-17-20-42-31(50)9-8-28(48)7-6-23-54-47-46-37/h27,29,38-41H,2-26,35-36H2,1H3,(H,42,50)(H,43,51)(H,44,52)(H,45,53). The number of azide groups is 1. The topological polar surface area (TPSA) is 309 Å². The molecule has 4 amide bonds. The highest BCUT2D eigenvalue weighted by Crippen LogP contribution is 2.13. The number of carbonyl (C=O) groups is 6. The molecule has 0 aromatic rings. The van der Waals surface area contributed by atoms with Crippen LogP contribution in [0.25, 0.3) is 10.4 Å². The molecule has 0 heterocycles. The summed E-state index contributed by atoms with van der Waals surface area (Å²) in [5.74, 6) is -2.76. The van der Waals surface area contributed by atoms with E-state index in [4.69, 9.17) is 17.0 Å². The summed E-state index contributed by atoms with van der Waals surface area (Å²) in [6, 6.07) is -1.11. The van der Waals surface area contributed by atoms with Gasteiger partial charge in [-0.15, -0.1) is 0 Å². The van der Waals surface area contributed by atoms with Gasteiger partial charge in [-0.25, -0.2) is 0 Å². The number of rotatable bonds is 38. The number of amides is 4. The number of nitrogens with zero attached hydrogens (tertiary/aromatic N) is 3. The first-order valence-corrected chi connectivity index (χ1v) is 19.2. The van der Waals surface area contributed by atoms with Gasteiger partial charge in [0.15, 0.2) is 5.78 Å². The van der Waals surface area contributed by atoms with E-state index in [0.717, 1.165) is 38.8 Å². The molecule has 2 atom stereocenters. The molecule has 0 saturated heterocycles. The Balaban J connectivity index is 4.30. The van der Waals surface area contributed by atoms with Crippen molar-refractivity contribution in [1.82, 2.24) is 42.5 Å². The maximum Gasteiger partial charge on any atom is 0.224 e. The van der Waals surface area contributed by atoms with Gasteiger partial charge in [-0.1, -0.05) is 26.2 Å². The van der Waals surface area contributed by atoms with E-state index in [1.165, 1.54) is 0 Å². The summed E-state index contributed by atoms with van der Waals surface area (Å²) in [7, 11) is 0. The average Bonchev–Trinajstić information content (AvgIpc) is 3.15. The molecular formula is C34H67N13O7. The van der Waals surface area contributed by atoms with Crippen molar-refractivity contribution in [3.8, 4) is 0 Å². The number of carbonyl (C=O) groups excluding carboxylic acids is 6. The van der Waals surface area contributed by atoms with Gasteiger partial charge in [-0.2, -0.15) is 0 Å². The Morgan fingerprint density at radius 3 is 1.76 bits per heavy atom. The monoisotopic (exact) mass is 770 g/mol. The molecule has 12 N–H and O–H groups in total. The Bertz CT molecular complexity index is 1110. The van der Waals surface area contributed by atoms with E-state index in [2.05, 4.69) is 64.5 Å². The van der Waals surface area contributed by atoms with Gasteiger partial charge in [0.05, 0.1) is 18.6 Å². The van der Waals surface area contributed by atoms with E-state index in [9.17, 15) is 28.8 Å². The van der Waals surface area contributed by atoms with Crippen LogP contribution in [0.3, 0.4) is 0 Å². The molecule has 20 heteroatoms. The quantitative estimate of drug-likeness (QED) is 0.0111. The van der Waals surface area contributed by atoms with Crippen LogP contribution in [0.4, 0.5) is 0 Å². The van der Waals surface area contributed by atoms with Crippen molar-refractivity contribution in [3.63, 3.8) is 0 Å². The van der Waals surface area contributed by atoms with Crippen LogP contribution in [0, 0.1) is 5.92 Å². The Morgan fingerprint density at radius 2 is 1.19 bits per heavy atom. The smallest absolute Gasteiger partial charge is 0.224 e. The second kappa shape index (κ2) is 36.1. The Hall–Kier alpha value is -3.91. The molecule has 0 rings (SSSR count). The number of ketones is 2. The highest BCUT2D eigenvalue weighted by molar-refractivity contribution is 5.94. The van der Waals surface area contributed by atoms with Crippen LogP contribution in [0.2, 0.25) is 0 Å². The summed E-state index contributed by atoms with van der Waals surface area (Å²) >= 11 is 0. The molecule has 0 aliphatic rings. The van der Waals surface area contributed by atoms with Crippen LogP contribution >= 0.6 is 0 Å². The number of unbranched alkanes of at least 4 members (excludes halogenated alkanes) is 3. The summed E-state index contributed by atoms with van der Waals surface area (Å²) in [5, 5.41) is 26.7. The molecule has 2 unspecified atom stereocenters. The van der Waals surface area contributed by atoms with E-state index in [1.54, 1.807) is 0 Å². The normalized spacial score (nSPS) is 11.8. The predicted octanol–water partition coefficient (Wildman–Crippen LogP) is -1.60. The average molecular weight is 770 g/mol. The Labute approximate surface area is 319 Å². The molecule has 0 aromatic heterocycles. The first-order valence-electron chi connectivity index (χ1n) is 19.2. The highest BCUT2D eigenvalue weighted by Gasteiger charge is 2.28. The van der Waals surface area contributed by atoms with Gasteiger partial charge in [-0.05, 0) is 18.4 Å². The van der Waals surface area contributed by atoms with Crippen molar-refractivity contribution in [3.05, 3.63) is 10.4 Å². The second-order valence-electron chi connectivity index (χ2n) is 12.7. The first-order chi connectivity index (χ1) is 26.1. The summed E-state index contributed by atoms with van der Waals surface area (Å²) in [5.41, 5.74) is 19.6. The van der Waals surface area contributed by atoms with E-state index >= 15 is 0 Å². The number of hydrogen-bond acceptors (Lipinski definition) is 14. The number of nitrogens with two attached hydrogens (primary N) is 2. The molecule has 310 valence electrons. The first kappa shape index (κ1) is 50.1. The van der Waals surface area contributed by atoms with Crippen LogP contribution in [0.1, 0.15) is 77.6 Å².